The summed E-state index contributed by atoms with van der Waals surface area (Å²) in [6, 6.07) is 9.23. The molecule has 1 aromatic carbocycles. The van der Waals surface area contributed by atoms with Gasteiger partial charge in [-0.2, -0.15) is 0 Å². The molecule has 0 bridgehead atoms. The molecular weight excluding hydrogens is 323 g/mol. The van der Waals surface area contributed by atoms with Crippen LogP contribution < -0.4 is 5.32 Å². The number of hydrogen-bond acceptors (Lipinski definition) is 3. The Labute approximate surface area is 131 Å². The molecule has 1 N–H and O–H groups in total. The molecule has 2 rings (SSSR count). The van der Waals surface area contributed by atoms with Crippen molar-refractivity contribution in [1.82, 2.24) is 4.98 Å². The predicted molar refractivity (Wildman–Crippen MR) is 84.0 cm³/mol. The van der Waals surface area contributed by atoms with Crippen LogP contribution in [0, 0.1) is 0 Å². The molecule has 100 valence electrons. The number of pyridine rings is 1. The maximum Gasteiger partial charge on any atom is 0.146 e. The van der Waals surface area contributed by atoms with Crippen LogP contribution in [0.4, 0.5) is 5.82 Å². The minimum Gasteiger partial charge on any atom is -0.369 e. The van der Waals surface area contributed by atoms with E-state index < -0.39 is 0 Å². The van der Waals surface area contributed by atoms with Gasteiger partial charge in [-0.3, -0.25) is 0 Å². The second-order valence-corrected chi connectivity index (χ2v) is 6.01. The highest BCUT2D eigenvalue weighted by molar-refractivity contribution is 7.99. The largest absolute Gasteiger partial charge is 0.369 e. The third-order valence-electron chi connectivity index (χ3n) is 2.25. The zero-order chi connectivity index (χ0) is 13.8. The summed E-state index contributed by atoms with van der Waals surface area (Å²) < 4.78 is 0. The van der Waals surface area contributed by atoms with Gasteiger partial charge in [0.25, 0.3) is 0 Å². The quantitative estimate of drug-likeness (QED) is 0.785. The van der Waals surface area contributed by atoms with Gasteiger partial charge in [0, 0.05) is 16.5 Å². The molecule has 0 atom stereocenters. The minimum absolute atomic E-state index is 0.516. The monoisotopic (exact) mass is 332 g/mol. The van der Waals surface area contributed by atoms with Gasteiger partial charge in [-0.05, 0) is 31.2 Å². The molecule has 1 heterocycles. The number of nitrogens with zero attached hydrogens (tertiary/aromatic N) is 1. The number of aromatic nitrogens is 1. The van der Waals surface area contributed by atoms with Gasteiger partial charge in [0.15, 0.2) is 0 Å². The van der Waals surface area contributed by atoms with E-state index in [0.29, 0.717) is 25.9 Å². The van der Waals surface area contributed by atoms with Crippen LogP contribution in [-0.4, -0.2) is 11.5 Å². The van der Waals surface area contributed by atoms with Crippen molar-refractivity contribution in [1.29, 1.82) is 0 Å². The maximum atomic E-state index is 6.16. The van der Waals surface area contributed by atoms with Crippen LogP contribution in [0.25, 0.3) is 0 Å². The molecule has 0 aliphatic heterocycles. The SMILES string of the molecule is CCNc1nc(Sc2cccc(Cl)c2)c(Cl)cc1Cl. The lowest BCUT2D eigenvalue weighted by Gasteiger charge is -2.09. The highest BCUT2D eigenvalue weighted by atomic mass is 35.5. The van der Waals surface area contributed by atoms with Crippen molar-refractivity contribution in [2.45, 2.75) is 16.8 Å². The zero-order valence-electron chi connectivity index (χ0n) is 10.1. The van der Waals surface area contributed by atoms with E-state index in [1.54, 1.807) is 6.07 Å². The normalized spacial score (nSPS) is 10.5. The summed E-state index contributed by atoms with van der Waals surface area (Å²) in [5.74, 6) is 0.637. The van der Waals surface area contributed by atoms with Gasteiger partial charge >= 0.3 is 0 Å². The topological polar surface area (TPSA) is 24.9 Å². The number of hydrogen-bond donors (Lipinski definition) is 1. The third kappa shape index (κ3) is 3.93. The fourth-order valence-corrected chi connectivity index (χ4v) is 3.10. The first kappa shape index (κ1) is 14.8. The smallest absolute Gasteiger partial charge is 0.146 e. The molecule has 0 unspecified atom stereocenters. The van der Waals surface area contributed by atoms with Crippen molar-refractivity contribution < 1.29 is 0 Å². The van der Waals surface area contributed by atoms with Crippen LogP contribution >= 0.6 is 46.6 Å². The van der Waals surface area contributed by atoms with Crippen molar-refractivity contribution >= 4 is 52.4 Å². The molecule has 0 aliphatic carbocycles. The second kappa shape index (κ2) is 6.71. The van der Waals surface area contributed by atoms with Gasteiger partial charge in [0.1, 0.15) is 10.8 Å². The Balaban J connectivity index is 2.31. The van der Waals surface area contributed by atoms with Crippen LogP contribution in [0.15, 0.2) is 40.3 Å². The fraction of sp³-hybridized carbons (Fsp3) is 0.154. The van der Waals surface area contributed by atoms with Crippen LogP contribution in [0.2, 0.25) is 15.1 Å². The molecule has 0 fully saturated rings. The molecule has 0 spiro atoms. The highest BCUT2D eigenvalue weighted by Crippen LogP contribution is 2.36. The summed E-state index contributed by atoms with van der Waals surface area (Å²) in [6.07, 6.45) is 0. The standard InChI is InChI=1S/C13H11Cl3N2S/c1-2-17-12-10(15)7-11(16)13(18-12)19-9-5-3-4-8(14)6-9/h3-7H,2H2,1H3,(H,17,18). The highest BCUT2D eigenvalue weighted by Gasteiger charge is 2.10. The maximum absolute atomic E-state index is 6.16. The predicted octanol–water partition coefficient (Wildman–Crippen LogP) is 5.62. The lowest BCUT2D eigenvalue weighted by molar-refractivity contribution is 1.08. The van der Waals surface area contributed by atoms with E-state index >= 15 is 0 Å². The Morgan fingerprint density at radius 3 is 2.63 bits per heavy atom. The molecule has 19 heavy (non-hydrogen) atoms. The summed E-state index contributed by atoms with van der Waals surface area (Å²) in [6.45, 7) is 2.73. The first-order valence-electron chi connectivity index (χ1n) is 5.63. The van der Waals surface area contributed by atoms with Crippen molar-refractivity contribution in [2.75, 3.05) is 11.9 Å². The third-order valence-corrected chi connectivity index (χ3v) is 4.17. The molecule has 2 nitrogen and oxygen atoms in total. The minimum atomic E-state index is 0.516. The molecular formula is C13H11Cl3N2S. The molecule has 1 aromatic heterocycles. The lowest BCUT2D eigenvalue weighted by atomic mass is 10.4. The number of rotatable bonds is 4. The Hall–Kier alpha value is -0.610. The van der Waals surface area contributed by atoms with Crippen LogP contribution in [0.1, 0.15) is 6.92 Å². The summed E-state index contributed by atoms with van der Waals surface area (Å²) in [5.41, 5.74) is 0. The number of nitrogens with one attached hydrogen (secondary N) is 1. The number of halogens is 3. The van der Waals surface area contributed by atoms with E-state index in [1.165, 1.54) is 11.8 Å². The van der Waals surface area contributed by atoms with E-state index in [4.69, 9.17) is 34.8 Å². The Morgan fingerprint density at radius 1 is 1.16 bits per heavy atom. The number of benzene rings is 1. The Kier molecular flexibility index (Phi) is 5.22. The second-order valence-electron chi connectivity index (χ2n) is 3.70. The van der Waals surface area contributed by atoms with Gasteiger partial charge in [0.05, 0.1) is 10.0 Å². The molecule has 0 saturated carbocycles. The summed E-state index contributed by atoms with van der Waals surface area (Å²) >= 11 is 19.6. The summed E-state index contributed by atoms with van der Waals surface area (Å²) in [7, 11) is 0. The Bertz CT molecular complexity index is 590. The van der Waals surface area contributed by atoms with Crippen molar-refractivity contribution in [3.63, 3.8) is 0 Å². The van der Waals surface area contributed by atoms with Crippen LogP contribution in [0.5, 0.6) is 0 Å². The van der Waals surface area contributed by atoms with E-state index in [-0.39, 0.29) is 0 Å². The molecule has 0 radical (unpaired) electrons. The molecule has 2 aromatic rings. The van der Waals surface area contributed by atoms with E-state index in [0.717, 1.165) is 11.4 Å². The summed E-state index contributed by atoms with van der Waals surface area (Å²) in [4.78, 5) is 5.41. The lowest BCUT2D eigenvalue weighted by Crippen LogP contribution is -2.00. The average Bonchev–Trinajstić information content (AvgIpc) is 2.35. The van der Waals surface area contributed by atoms with Crippen LogP contribution in [0.3, 0.4) is 0 Å². The van der Waals surface area contributed by atoms with Crippen LogP contribution in [-0.2, 0) is 0 Å². The summed E-state index contributed by atoms with van der Waals surface area (Å²) in [5, 5.41) is 5.52. The van der Waals surface area contributed by atoms with E-state index in [2.05, 4.69) is 10.3 Å². The first-order valence-corrected chi connectivity index (χ1v) is 7.58. The molecule has 0 aliphatic rings. The fourth-order valence-electron chi connectivity index (χ4n) is 1.45. The van der Waals surface area contributed by atoms with Crippen molar-refractivity contribution in [3.05, 3.63) is 45.4 Å². The Morgan fingerprint density at radius 2 is 1.95 bits per heavy atom. The molecule has 6 heteroatoms. The average molecular weight is 334 g/mol. The molecule has 0 saturated heterocycles. The number of anilines is 1. The van der Waals surface area contributed by atoms with Crippen molar-refractivity contribution in [3.8, 4) is 0 Å². The first-order chi connectivity index (χ1) is 9.10. The van der Waals surface area contributed by atoms with Crippen molar-refractivity contribution in [2.24, 2.45) is 0 Å². The van der Waals surface area contributed by atoms with E-state index in [1.807, 2.05) is 31.2 Å². The van der Waals surface area contributed by atoms with Gasteiger partial charge < -0.3 is 5.32 Å². The van der Waals surface area contributed by atoms with Gasteiger partial charge in [-0.25, -0.2) is 4.98 Å². The van der Waals surface area contributed by atoms with Gasteiger partial charge in [-0.1, -0.05) is 52.6 Å². The zero-order valence-corrected chi connectivity index (χ0v) is 13.2. The van der Waals surface area contributed by atoms with E-state index in [9.17, 15) is 0 Å². The van der Waals surface area contributed by atoms with Gasteiger partial charge in [0.2, 0.25) is 0 Å². The molecule has 0 amide bonds. The van der Waals surface area contributed by atoms with Gasteiger partial charge in [-0.15, -0.1) is 0 Å².